The number of benzene rings is 1. The van der Waals surface area contributed by atoms with Crippen molar-refractivity contribution in [1.82, 2.24) is 14.8 Å². The average molecular weight is 448 g/mol. The normalized spacial score (nSPS) is 16.9. The van der Waals surface area contributed by atoms with Gasteiger partial charge in [0.1, 0.15) is 27.3 Å². The average Bonchev–Trinajstić information content (AvgIpc) is 3.18. The molecule has 3 heterocycles. The zero-order chi connectivity index (χ0) is 22.1. The van der Waals surface area contributed by atoms with Gasteiger partial charge in [-0.15, -0.1) is 0 Å². The number of aryl methyl sites for hydroxylation is 1. The Morgan fingerprint density at radius 2 is 2.03 bits per heavy atom. The molecule has 1 amide bonds. The summed E-state index contributed by atoms with van der Waals surface area (Å²) in [6.07, 6.45) is 4.52. The van der Waals surface area contributed by atoms with Crippen LogP contribution in [0.3, 0.4) is 0 Å². The van der Waals surface area contributed by atoms with Crippen LogP contribution in [0.5, 0.6) is 0 Å². The van der Waals surface area contributed by atoms with Crippen LogP contribution in [-0.4, -0.2) is 39.8 Å². The summed E-state index contributed by atoms with van der Waals surface area (Å²) >= 11 is 0.853. The fourth-order valence-corrected chi connectivity index (χ4v) is 4.62. The molecule has 1 atom stereocenters. The fraction of sp³-hybridized carbons (Fsp3) is 0.350. The Balaban J connectivity index is 1.61. The topological polar surface area (TPSA) is 115 Å². The molecule has 0 bridgehead atoms. The summed E-state index contributed by atoms with van der Waals surface area (Å²) in [7, 11) is 1.79. The zero-order valence-corrected chi connectivity index (χ0v) is 17.8. The van der Waals surface area contributed by atoms with Gasteiger partial charge in [-0.05, 0) is 25.0 Å². The third kappa shape index (κ3) is 4.23. The lowest BCUT2D eigenvalue weighted by molar-refractivity contribution is 0.102. The van der Waals surface area contributed by atoms with E-state index in [1.807, 2.05) is 0 Å². The summed E-state index contributed by atoms with van der Waals surface area (Å²) in [4.78, 5) is 19.1. The Bertz CT molecular complexity index is 1090. The number of thiazole rings is 1. The van der Waals surface area contributed by atoms with Gasteiger partial charge in [0.2, 0.25) is 0 Å². The SMILES string of the molecule is Cn1ncc(NC(=O)c2nc(-c3c(F)cccc3F)sc2N)c1N1CCCCC(N)C1. The third-order valence-electron chi connectivity index (χ3n) is 5.21. The van der Waals surface area contributed by atoms with Crippen molar-refractivity contribution in [2.24, 2.45) is 12.8 Å². The summed E-state index contributed by atoms with van der Waals surface area (Å²) in [5.74, 6) is -1.38. The number of aromatic nitrogens is 3. The molecule has 0 aliphatic carbocycles. The molecule has 2 aromatic heterocycles. The molecule has 3 aromatic rings. The predicted octanol–water partition coefficient (Wildman–Crippen LogP) is 2.97. The van der Waals surface area contributed by atoms with Gasteiger partial charge in [0.25, 0.3) is 5.91 Å². The number of amides is 1. The highest BCUT2D eigenvalue weighted by Crippen LogP contribution is 2.34. The van der Waals surface area contributed by atoms with E-state index in [2.05, 4.69) is 20.3 Å². The van der Waals surface area contributed by atoms with Crippen molar-refractivity contribution >= 4 is 33.8 Å². The van der Waals surface area contributed by atoms with Crippen molar-refractivity contribution in [3.63, 3.8) is 0 Å². The number of halogens is 2. The number of nitrogen functional groups attached to an aromatic ring is 1. The van der Waals surface area contributed by atoms with Crippen molar-refractivity contribution in [1.29, 1.82) is 0 Å². The van der Waals surface area contributed by atoms with E-state index in [0.29, 0.717) is 12.2 Å². The monoisotopic (exact) mass is 447 g/mol. The molecule has 11 heteroatoms. The lowest BCUT2D eigenvalue weighted by Crippen LogP contribution is -2.37. The number of carbonyl (C=O) groups excluding carboxylic acids is 1. The molecule has 4 rings (SSSR count). The number of anilines is 3. The number of nitrogens with one attached hydrogen (secondary N) is 1. The molecular weight excluding hydrogens is 424 g/mol. The van der Waals surface area contributed by atoms with E-state index in [1.165, 1.54) is 6.07 Å². The molecule has 0 spiro atoms. The molecule has 0 saturated carbocycles. The van der Waals surface area contributed by atoms with Gasteiger partial charge in [-0.3, -0.25) is 9.48 Å². The summed E-state index contributed by atoms with van der Waals surface area (Å²) in [6, 6.07) is 3.55. The van der Waals surface area contributed by atoms with E-state index in [-0.39, 0.29) is 27.3 Å². The predicted molar refractivity (Wildman–Crippen MR) is 117 cm³/mol. The second-order valence-electron chi connectivity index (χ2n) is 7.49. The fourth-order valence-electron chi connectivity index (χ4n) is 3.75. The Morgan fingerprint density at radius 1 is 1.29 bits per heavy atom. The molecule has 5 N–H and O–H groups in total. The first-order chi connectivity index (χ1) is 14.8. The molecule has 1 unspecified atom stereocenters. The van der Waals surface area contributed by atoms with Gasteiger partial charge in [-0.1, -0.05) is 23.8 Å². The van der Waals surface area contributed by atoms with Crippen LogP contribution in [0.1, 0.15) is 29.8 Å². The first-order valence-corrected chi connectivity index (χ1v) is 10.7. The van der Waals surface area contributed by atoms with Crippen molar-refractivity contribution in [3.8, 4) is 10.6 Å². The summed E-state index contributed by atoms with van der Waals surface area (Å²) in [5.41, 5.74) is 12.2. The lowest BCUT2D eigenvalue weighted by Gasteiger charge is -2.25. The van der Waals surface area contributed by atoms with Crippen LogP contribution in [0.4, 0.5) is 25.3 Å². The summed E-state index contributed by atoms with van der Waals surface area (Å²) < 4.78 is 29.9. The number of nitrogens with two attached hydrogens (primary N) is 2. The van der Waals surface area contributed by atoms with Crippen LogP contribution < -0.4 is 21.7 Å². The molecule has 1 aliphatic heterocycles. The van der Waals surface area contributed by atoms with E-state index in [0.717, 1.165) is 55.1 Å². The maximum atomic E-state index is 14.1. The van der Waals surface area contributed by atoms with Crippen LogP contribution in [0.2, 0.25) is 0 Å². The standard InChI is InChI=1S/C20H23F2N7OS/c1-28-20(29-8-3-2-5-11(23)10-29)14(9-25-28)26-18(30)16-17(24)31-19(27-16)15-12(21)6-4-7-13(15)22/h4,6-7,9,11H,2-3,5,8,10,23-24H2,1H3,(H,26,30). The van der Waals surface area contributed by atoms with E-state index >= 15 is 0 Å². The van der Waals surface area contributed by atoms with E-state index in [1.54, 1.807) is 17.9 Å². The molecule has 1 aromatic carbocycles. The zero-order valence-electron chi connectivity index (χ0n) is 16.9. The van der Waals surface area contributed by atoms with Crippen molar-refractivity contribution in [2.45, 2.75) is 25.3 Å². The minimum atomic E-state index is -0.771. The minimum Gasteiger partial charge on any atom is -0.389 e. The smallest absolute Gasteiger partial charge is 0.277 e. The van der Waals surface area contributed by atoms with Gasteiger partial charge in [0, 0.05) is 26.2 Å². The number of carbonyl (C=O) groups is 1. The second-order valence-corrected chi connectivity index (χ2v) is 8.52. The number of nitrogens with zero attached hydrogens (tertiary/aromatic N) is 4. The van der Waals surface area contributed by atoms with Gasteiger partial charge in [0.15, 0.2) is 11.5 Å². The minimum absolute atomic E-state index is 0.00292. The highest BCUT2D eigenvalue weighted by atomic mass is 32.1. The number of hydrogen-bond donors (Lipinski definition) is 3. The maximum absolute atomic E-state index is 14.1. The first kappa shape index (κ1) is 21.2. The van der Waals surface area contributed by atoms with E-state index in [4.69, 9.17) is 11.5 Å². The summed E-state index contributed by atoms with van der Waals surface area (Å²) in [5, 5.41) is 7.12. The molecule has 1 aliphatic rings. The van der Waals surface area contributed by atoms with Gasteiger partial charge in [-0.2, -0.15) is 5.10 Å². The van der Waals surface area contributed by atoms with Crippen LogP contribution in [0.25, 0.3) is 10.6 Å². The van der Waals surface area contributed by atoms with Gasteiger partial charge in [-0.25, -0.2) is 13.8 Å². The molecule has 8 nitrogen and oxygen atoms in total. The van der Waals surface area contributed by atoms with Crippen molar-refractivity contribution < 1.29 is 13.6 Å². The van der Waals surface area contributed by atoms with E-state index in [9.17, 15) is 13.6 Å². The Hall–Kier alpha value is -3.05. The quantitative estimate of drug-likeness (QED) is 0.566. The molecule has 31 heavy (non-hydrogen) atoms. The number of hydrogen-bond acceptors (Lipinski definition) is 7. The maximum Gasteiger partial charge on any atom is 0.277 e. The van der Waals surface area contributed by atoms with Gasteiger partial charge in [0.05, 0.1) is 11.8 Å². The molecular formula is C20H23F2N7OS. The molecule has 0 radical (unpaired) electrons. The summed E-state index contributed by atoms with van der Waals surface area (Å²) in [6.45, 7) is 1.45. The number of rotatable bonds is 4. The largest absolute Gasteiger partial charge is 0.389 e. The second kappa shape index (κ2) is 8.60. The highest BCUT2D eigenvalue weighted by Gasteiger charge is 2.25. The van der Waals surface area contributed by atoms with Crippen LogP contribution >= 0.6 is 11.3 Å². The van der Waals surface area contributed by atoms with Crippen molar-refractivity contribution in [2.75, 3.05) is 29.0 Å². The van der Waals surface area contributed by atoms with Crippen LogP contribution in [0.15, 0.2) is 24.4 Å². The van der Waals surface area contributed by atoms with E-state index < -0.39 is 17.5 Å². The Morgan fingerprint density at radius 3 is 2.77 bits per heavy atom. The Labute approximate surface area is 181 Å². The third-order valence-corrected chi connectivity index (χ3v) is 6.11. The molecule has 1 fully saturated rings. The van der Waals surface area contributed by atoms with Gasteiger partial charge < -0.3 is 21.7 Å². The lowest BCUT2D eigenvalue weighted by atomic mass is 10.2. The van der Waals surface area contributed by atoms with Crippen molar-refractivity contribution in [3.05, 3.63) is 41.7 Å². The molecule has 1 saturated heterocycles. The van der Waals surface area contributed by atoms with Crippen LogP contribution in [-0.2, 0) is 7.05 Å². The first-order valence-electron chi connectivity index (χ1n) is 9.89. The van der Waals surface area contributed by atoms with Gasteiger partial charge >= 0.3 is 0 Å². The Kier molecular flexibility index (Phi) is 5.88. The van der Waals surface area contributed by atoms with Crippen LogP contribution in [0, 0.1) is 11.6 Å². The highest BCUT2D eigenvalue weighted by molar-refractivity contribution is 7.19. The molecule has 164 valence electrons.